The smallest absolute Gasteiger partial charge is 0.416 e. The van der Waals surface area contributed by atoms with Crippen LogP contribution in [0, 0.1) is 0 Å². The van der Waals surface area contributed by atoms with E-state index in [4.69, 9.17) is 17.0 Å². The zero-order valence-corrected chi connectivity index (χ0v) is 17.0. The normalized spacial score (nSPS) is 16.1. The number of fused-ring (bicyclic) bond motifs is 1. The summed E-state index contributed by atoms with van der Waals surface area (Å²) in [5, 5.41) is 3.37. The third-order valence-electron chi connectivity index (χ3n) is 5.17. The first-order chi connectivity index (χ1) is 14.4. The maximum absolute atomic E-state index is 13.1. The van der Waals surface area contributed by atoms with Crippen molar-refractivity contribution in [2.24, 2.45) is 0 Å². The molecule has 0 aliphatic carbocycles. The third-order valence-corrected chi connectivity index (χ3v) is 5.51. The molecule has 2 heterocycles. The largest absolute Gasteiger partial charge is 0.497 e. The maximum atomic E-state index is 13.1. The van der Waals surface area contributed by atoms with Gasteiger partial charge in [0, 0.05) is 30.7 Å². The van der Waals surface area contributed by atoms with E-state index in [0.29, 0.717) is 17.3 Å². The molecule has 156 valence electrons. The topological polar surface area (TPSA) is 29.4 Å². The van der Waals surface area contributed by atoms with Gasteiger partial charge in [-0.3, -0.25) is 0 Å². The van der Waals surface area contributed by atoms with Crippen molar-refractivity contribution in [2.45, 2.75) is 18.8 Å². The summed E-state index contributed by atoms with van der Waals surface area (Å²) in [4.78, 5) is 2.01. The lowest BCUT2D eigenvalue weighted by Gasteiger charge is -2.39. The van der Waals surface area contributed by atoms with Gasteiger partial charge in [0.1, 0.15) is 5.75 Å². The van der Waals surface area contributed by atoms with Crippen molar-refractivity contribution in [1.82, 2.24) is 9.47 Å². The van der Waals surface area contributed by atoms with Crippen LogP contribution in [0.4, 0.5) is 18.9 Å². The van der Waals surface area contributed by atoms with Gasteiger partial charge in [-0.25, -0.2) is 0 Å². The van der Waals surface area contributed by atoms with E-state index in [1.807, 2.05) is 47.5 Å². The second-order valence-electron chi connectivity index (χ2n) is 7.00. The Morgan fingerprint density at radius 3 is 2.53 bits per heavy atom. The van der Waals surface area contributed by atoms with Crippen LogP contribution in [0.25, 0.3) is 0 Å². The van der Waals surface area contributed by atoms with Gasteiger partial charge in [0.05, 0.1) is 18.7 Å². The Hall–Kier alpha value is -3.00. The zero-order valence-electron chi connectivity index (χ0n) is 16.2. The number of ether oxygens (including phenoxy) is 1. The monoisotopic (exact) mass is 431 g/mol. The average Bonchev–Trinajstić information content (AvgIpc) is 3.21. The Kier molecular flexibility index (Phi) is 5.42. The predicted octanol–water partition coefficient (Wildman–Crippen LogP) is 5.32. The van der Waals surface area contributed by atoms with Crippen molar-refractivity contribution in [1.29, 1.82) is 0 Å². The van der Waals surface area contributed by atoms with Gasteiger partial charge in [0.15, 0.2) is 5.11 Å². The summed E-state index contributed by atoms with van der Waals surface area (Å²) in [6.45, 7) is 1.36. The second-order valence-corrected chi connectivity index (χ2v) is 7.39. The molecule has 0 saturated carbocycles. The number of rotatable bonds is 3. The quantitative estimate of drug-likeness (QED) is 0.569. The van der Waals surface area contributed by atoms with E-state index in [9.17, 15) is 13.2 Å². The van der Waals surface area contributed by atoms with Crippen molar-refractivity contribution in [2.75, 3.05) is 19.0 Å². The molecule has 1 aliphatic rings. The van der Waals surface area contributed by atoms with Crippen LogP contribution in [-0.4, -0.2) is 28.2 Å². The van der Waals surface area contributed by atoms with Gasteiger partial charge < -0.3 is 19.5 Å². The van der Waals surface area contributed by atoms with Crippen molar-refractivity contribution >= 4 is 23.0 Å². The lowest BCUT2D eigenvalue weighted by molar-refractivity contribution is -0.137. The molecular formula is C22H20F3N3OS. The summed E-state index contributed by atoms with van der Waals surface area (Å²) in [6.07, 6.45) is -2.39. The van der Waals surface area contributed by atoms with Crippen LogP contribution in [0.3, 0.4) is 0 Å². The summed E-state index contributed by atoms with van der Waals surface area (Å²) < 4.78 is 46.6. The number of benzene rings is 2. The molecule has 1 N–H and O–H groups in total. The van der Waals surface area contributed by atoms with Crippen molar-refractivity contribution in [3.05, 3.63) is 83.7 Å². The highest BCUT2D eigenvalue weighted by atomic mass is 32.1. The lowest BCUT2D eigenvalue weighted by atomic mass is 10.00. The highest BCUT2D eigenvalue weighted by Crippen LogP contribution is 2.34. The fourth-order valence-corrected chi connectivity index (χ4v) is 4.02. The first kappa shape index (κ1) is 20.3. The molecule has 0 spiro atoms. The second kappa shape index (κ2) is 8.02. The predicted molar refractivity (Wildman–Crippen MR) is 114 cm³/mol. The number of nitrogens with one attached hydrogen (secondary N) is 1. The van der Waals surface area contributed by atoms with Gasteiger partial charge in [-0.05, 0) is 60.2 Å². The Morgan fingerprint density at radius 1 is 1.07 bits per heavy atom. The molecule has 0 bridgehead atoms. The number of nitrogens with zero attached hydrogens (tertiary/aromatic N) is 2. The molecule has 0 radical (unpaired) electrons. The molecule has 1 aliphatic heterocycles. The Morgan fingerprint density at radius 2 is 1.83 bits per heavy atom. The van der Waals surface area contributed by atoms with Crippen molar-refractivity contribution in [3.63, 3.8) is 0 Å². The minimum atomic E-state index is -4.41. The van der Waals surface area contributed by atoms with E-state index in [0.717, 1.165) is 35.7 Å². The summed E-state index contributed by atoms with van der Waals surface area (Å²) in [7, 11) is 1.61. The number of halogens is 3. The van der Waals surface area contributed by atoms with Crippen LogP contribution in [-0.2, 0) is 12.7 Å². The fraction of sp³-hybridized carbons (Fsp3) is 0.227. The molecule has 4 nitrogen and oxygen atoms in total. The molecule has 1 unspecified atom stereocenters. The number of methoxy groups -OCH3 is 1. The number of hydrogen-bond donors (Lipinski definition) is 1. The molecule has 1 aromatic heterocycles. The van der Waals surface area contributed by atoms with E-state index in [-0.39, 0.29) is 6.04 Å². The third kappa shape index (κ3) is 4.00. The number of aromatic nitrogens is 1. The van der Waals surface area contributed by atoms with Gasteiger partial charge in [-0.2, -0.15) is 13.2 Å². The number of anilines is 1. The van der Waals surface area contributed by atoms with Gasteiger partial charge in [0.25, 0.3) is 0 Å². The standard InChI is InChI=1S/C22H20F3N3OS/c1-29-18-9-7-15(8-10-18)20-19-6-3-11-27(19)12-13-28(20)21(30)26-17-5-2-4-16(14-17)22(23,24)25/h2-11,14,20H,12-13H2,1H3,(H,26,30). The molecule has 0 saturated heterocycles. The highest BCUT2D eigenvalue weighted by molar-refractivity contribution is 7.80. The SMILES string of the molecule is COc1ccc(C2c3cccn3CCN2C(=S)Nc2cccc(C(F)(F)F)c2)cc1. The van der Waals surface area contributed by atoms with Crippen LogP contribution >= 0.6 is 12.2 Å². The van der Waals surface area contributed by atoms with Gasteiger partial charge in [-0.15, -0.1) is 0 Å². The molecule has 0 fully saturated rings. The van der Waals surface area contributed by atoms with Crippen molar-refractivity contribution in [3.8, 4) is 5.75 Å². The molecule has 8 heteroatoms. The number of alkyl halides is 3. The molecule has 4 rings (SSSR count). The number of hydrogen-bond acceptors (Lipinski definition) is 2. The first-order valence-corrected chi connectivity index (χ1v) is 9.81. The van der Waals surface area contributed by atoms with E-state index in [1.54, 1.807) is 13.2 Å². The van der Waals surface area contributed by atoms with E-state index in [1.165, 1.54) is 6.07 Å². The summed E-state index contributed by atoms with van der Waals surface area (Å²) in [6, 6.07) is 16.7. The molecule has 3 aromatic rings. The lowest BCUT2D eigenvalue weighted by Crippen LogP contribution is -2.44. The van der Waals surface area contributed by atoms with Gasteiger partial charge in [0.2, 0.25) is 0 Å². The van der Waals surface area contributed by atoms with Crippen LogP contribution in [0.2, 0.25) is 0 Å². The maximum Gasteiger partial charge on any atom is 0.416 e. The summed E-state index contributed by atoms with van der Waals surface area (Å²) >= 11 is 5.62. The highest BCUT2D eigenvalue weighted by Gasteiger charge is 2.32. The molecule has 2 aromatic carbocycles. The van der Waals surface area contributed by atoms with Crippen LogP contribution in [0.1, 0.15) is 22.9 Å². The minimum absolute atomic E-state index is 0.162. The average molecular weight is 431 g/mol. The minimum Gasteiger partial charge on any atom is -0.497 e. The number of thiocarbonyl (C=S) groups is 1. The van der Waals surface area contributed by atoms with Gasteiger partial charge >= 0.3 is 6.18 Å². The Bertz CT molecular complexity index is 1050. The first-order valence-electron chi connectivity index (χ1n) is 9.40. The summed E-state index contributed by atoms with van der Waals surface area (Å²) in [5.74, 6) is 0.751. The van der Waals surface area contributed by atoms with Crippen LogP contribution in [0.15, 0.2) is 66.9 Å². The van der Waals surface area contributed by atoms with Gasteiger partial charge in [-0.1, -0.05) is 18.2 Å². The van der Waals surface area contributed by atoms with Crippen LogP contribution in [0.5, 0.6) is 5.75 Å². The van der Waals surface area contributed by atoms with E-state index < -0.39 is 11.7 Å². The fourth-order valence-electron chi connectivity index (χ4n) is 3.71. The molecular weight excluding hydrogens is 411 g/mol. The molecule has 30 heavy (non-hydrogen) atoms. The summed E-state index contributed by atoms with van der Waals surface area (Å²) in [5.41, 5.74) is 1.68. The zero-order chi connectivity index (χ0) is 21.3. The van der Waals surface area contributed by atoms with Crippen molar-refractivity contribution < 1.29 is 17.9 Å². The van der Waals surface area contributed by atoms with E-state index >= 15 is 0 Å². The van der Waals surface area contributed by atoms with Crippen LogP contribution < -0.4 is 10.1 Å². The Labute approximate surface area is 177 Å². The Balaban J connectivity index is 1.64. The van der Waals surface area contributed by atoms with E-state index in [2.05, 4.69) is 9.88 Å². The molecule has 0 amide bonds. The molecule has 1 atom stereocenters.